The molecule has 126 valence electrons. The molecule has 4 heteroatoms. The highest BCUT2D eigenvalue weighted by atomic mass is 16.5. The van der Waals surface area contributed by atoms with Gasteiger partial charge in [-0.1, -0.05) is 37.3 Å². The number of carbonyl (C=O) groups is 1. The number of para-hydroxylation sites is 1. The Bertz CT molecular complexity index is 836. The minimum Gasteiger partial charge on any atom is -0.468 e. The number of nitrogens with zero attached hydrogens (tertiary/aromatic N) is 2. The van der Waals surface area contributed by atoms with Gasteiger partial charge in [0.1, 0.15) is 5.41 Å². The van der Waals surface area contributed by atoms with Gasteiger partial charge in [0.2, 0.25) is 0 Å². The molecule has 0 radical (unpaired) electrons. The zero-order chi connectivity index (χ0) is 16.9. The standard InChI is InChI=1S/C20H24N2O2/c1-4-20(19(23)24-3)11-7-12-22-13-10-15-14-8-5-6-9-16(14)21(2)17(15)18(20)22/h5-9,11,18H,4,10,12-13H2,1-3H3/t18-,20-/m1/s1. The number of benzene rings is 1. The summed E-state index contributed by atoms with van der Waals surface area (Å²) < 4.78 is 7.52. The third kappa shape index (κ3) is 1.86. The van der Waals surface area contributed by atoms with Crippen molar-refractivity contribution in [1.82, 2.24) is 9.47 Å². The summed E-state index contributed by atoms with van der Waals surface area (Å²) in [5.74, 6) is -0.131. The van der Waals surface area contributed by atoms with Gasteiger partial charge in [0.05, 0.1) is 13.2 Å². The molecule has 2 atom stereocenters. The van der Waals surface area contributed by atoms with Gasteiger partial charge in [-0.3, -0.25) is 9.69 Å². The van der Waals surface area contributed by atoms with Crippen LogP contribution in [0.25, 0.3) is 10.9 Å². The molecule has 1 aromatic carbocycles. The number of aromatic nitrogens is 1. The molecule has 0 bridgehead atoms. The summed E-state index contributed by atoms with van der Waals surface area (Å²) in [7, 11) is 3.62. The van der Waals surface area contributed by atoms with E-state index in [1.165, 1.54) is 29.3 Å². The van der Waals surface area contributed by atoms with Crippen LogP contribution >= 0.6 is 0 Å². The van der Waals surface area contributed by atoms with Crippen LogP contribution in [0.2, 0.25) is 0 Å². The van der Waals surface area contributed by atoms with E-state index in [4.69, 9.17) is 4.74 Å². The normalized spacial score (nSPS) is 26.2. The summed E-state index contributed by atoms with van der Waals surface area (Å²) in [6, 6.07) is 8.60. The molecule has 0 spiro atoms. The monoisotopic (exact) mass is 324 g/mol. The molecule has 0 amide bonds. The van der Waals surface area contributed by atoms with E-state index < -0.39 is 5.41 Å². The molecule has 4 nitrogen and oxygen atoms in total. The van der Waals surface area contributed by atoms with E-state index in [2.05, 4.69) is 59.9 Å². The van der Waals surface area contributed by atoms with Crippen molar-refractivity contribution in [2.75, 3.05) is 20.2 Å². The fourth-order valence-electron chi connectivity index (χ4n) is 4.74. The topological polar surface area (TPSA) is 34.5 Å². The molecular formula is C20H24N2O2. The zero-order valence-electron chi connectivity index (χ0n) is 14.6. The second-order valence-corrected chi connectivity index (χ2v) is 6.88. The first-order chi connectivity index (χ1) is 11.6. The van der Waals surface area contributed by atoms with E-state index in [9.17, 15) is 4.79 Å². The van der Waals surface area contributed by atoms with Gasteiger partial charge in [-0.25, -0.2) is 0 Å². The summed E-state index contributed by atoms with van der Waals surface area (Å²) in [6.07, 6.45) is 5.98. The first kappa shape index (κ1) is 15.5. The van der Waals surface area contributed by atoms with Gasteiger partial charge in [-0.05, 0) is 24.5 Å². The Morgan fingerprint density at radius 1 is 1.38 bits per heavy atom. The number of esters is 1. The van der Waals surface area contributed by atoms with Gasteiger partial charge >= 0.3 is 5.97 Å². The lowest BCUT2D eigenvalue weighted by Gasteiger charge is -2.47. The molecule has 0 N–H and O–H groups in total. The second kappa shape index (κ2) is 5.49. The van der Waals surface area contributed by atoms with E-state index in [1.54, 1.807) is 0 Å². The number of methoxy groups -OCH3 is 1. The third-order valence-corrected chi connectivity index (χ3v) is 5.93. The fraction of sp³-hybridized carbons (Fsp3) is 0.450. The summed E-state index contributed by atoms with van der Waals surface area (Å²) in [6.45, 7) is 3.96. The Morgan fingerprint density at radius 2 is 2.17 bits per heavy atom. The Balaban J connectivity index is 2.00. The third-order valence-electron chi connectivity index (χ3n) is 5.93. The van der Waals surface area contributed by atoms with Crippen LogP contribution in [-0.2, 0) is 23.0 Å². The Labute approximate surface area is 142 Å². The number of aryl methyl sites for hydroxylation is 1. The number of fused-ring (bicyclic) bond motifs is 5. The molecule has 2 aliphatic heterocycles. The largest absolute Gasteiger partial charge is 0.468 e. The minimum absolute atomic E-state index is 0.0427. The first-order valence-electron chi connectivity index (χ1n) is 8.70. The summed E-state index contributed by atoms with van der Waals surface area (Å²) in [4.78, 5) is 15.2. The lowest BCUT2D eigenvalue weighted by Crippen LogP contribution is -2.51. The number of carbonyl (C=O) groups excluding carboxylic acids is 1. The number of hydrogen-bond acceptors (Lipinski definition) is 3. The fourth-order valence-corrected chi connectivity index (χ4v) is 4.74. The van der Waals surface area contributed by atoms with E-state index in [0.29, 0.717) is 0 Å². The minimum atomic E-state index is -0.607. The molecule has 0 saturated carbocycles. The second-order valence-electron chi connectivity index (χ2n) is 6.88. The molecule has 4 rings (SSSR count). The molecule has 1 aromatic heterocycles. The molecule has 2 aliphatic rings. The predicted octanol–water partition coefficient (Wildman–Crippen LogP) is 3.22. The molecule has 0 saturated heterocycles. The van der Waals surface area contributed by atoms with Crippen LogP contribution in [0.4, 0.5) is 0 Å². The van der Waals surface area contributed by atoms with Gasteiger partial charge < -0.3 is 9.30 Å². The summed E-state index contributed by atoms with van der Waals surface area (Å²) in [5.41, 5.74) is 3.31. The van der Waals surface area contributed by atoms with Crippen LogP contribution in [0.1, 0.15) is 30.6 Å². The maximum atomic E-state index is 12.8. The van der Waals surface area contributed by atoms with Gasteiger partial charge in [0.15, 0.2) is 0 Å². The summed E-state index contributed by atoms with van der Waals surface area (Å²) >= 11 is 0. The van der Waals surface area contributed by atoms with Crippen LogP contribution in [-0.4, -0.2) is 35.6 Å². The maximum absolute atomic E-state index is 12.8. The van der Waals surface area contributed by atoms with Crippen molar-refractivity contribution >= 4 is 16.9 Å². The Hall–Kier alpha value is -2.07. The van der Waals surface area contributed by atoms with Gasteiger partial charge in [-0.15, -0.1) is 0 Å². The lowest BCUT2D eigenvalue weighted by molar-refractivity contribution is -0.155. The van der Waals surface area contributed by atoms with Crippen LogP contribution in [0.15, 0.2) is 36.4 Å². The molecule has 24 heavy (non-hydrogen) atoms. The number of rotatable bonds is 2. The Kier molecular flexibility index (Phi) is 3.53. The van der Waals surface area contributed by atoms with Crippen molar-refractivity contribution in [2.45, 2.75) is 25.8 Å². The van der Waals surface area contributed by atoms with Crippen molar-refractivity contribution in [3.05, 3.63) is 47.7 Å². The molecular weight excluding hydrogens is 300 g/mol. The van der Waals surface area contributed by atoms with E-state index >= 15 is 0 Å². The van der Waals surface area contributed by atoms with Gasteiger partial charge in [-0.2, -0.15) is 0 Å². The lowest BCUT2D eigenvalue weighted by atomic mass is 9.71. The van der Waals surface area contributed by atoms with Crippen molar-refractivity contribution in [3.8, 4) is 0 Å². The van der Waals surface area contributed by atoms with Gasteiger partial charge in [0.25, 0.3) is 0 Å². The number of ether oxygens (including phenoxy) is 1. The molecule has 3 heterocycles. The smallest absolute Gasteiger partial charge is 0.317 e. The van der Waals surface area contributed by atoms with Crippen LogP contribution in [0.3, 0.4) is 0 Å². The molecule has 0 unspecified atom stereocenters. The number of hydrogen-bond donors (Lipinski definition) is 0. The van der Waals surface area contributed by atoms with E-state index in [0.717, 1.165) is 25.9 Å². The predicted molar refractivity (Wildman–Crippen MR) is 94.8 cm³/mol. The van der Waals surface area contributed by atoms with Crippen molar-refractivity contribution in [3.63, 3.8) is 0 Å². The first-order valence-corrected chi connectivity index (χ1v) is 8.70. The molecule has 0 aliphatic carbocycles. The zero-order valence-corrected chi connectivity index (χ0v) is 14.6. The van der Waals surface area contributed by atoms with Gasteiger partial charge in [0, 0.05) is 36.7 Å². The average Bonchev–Trinajstić information content (AvgIpc) is 2.93. The SMILES string of the molecule is CC[C@@]1(C(=O)OC)C=CCN2CCc3c(n(C)c4ccccc34)[C@@H]21. The average molecular weight is 324 g/mol. The maximum Gasteiger partial charge on any atom is 0.317 e. The highest BCUT2D eigenvalue weighted by molar-refractivity contribution is 5.87. The Morgan fingerprint density at radius 3 is 2.92 bits per heavy atom. The summed E-state index contributed by atoms with van der Waals surface area (Å²) in [5, 5.41) is 1.32. The van der Waals surface area contributed by atoms with Crippen LogP contribution < -0.4 is 0 Å². The molecule has 0 fully saturated rings. The highest BCUT2D eigenvalue weighted by Gasteiger charge is 2.51. The van der Waals surface area contributed by atoms with Crippen molar-refractivity contribution < 1.29 is 9.53 Å². The van der Waals surface area contributed by atoms with Crippen LogP contribution in [0, 0.1) is 5.41 Å². The highest BCUT2D eigenvalue weighted by Crippen LogP contribution is 2.50. The molecule has 2 aromatic rings. The van der Waals surface area contributed by atoms with E-state index in [-0.39, 0.29) is 12.0 Å². The van der Waals surface area contributed by atoms with E-state index in [1.807, 2.05) is 0 Å². The van der Waals surface area contributed by atoms with Crippen molar-refractivity contribution in [1.29, 1.82) is 0 Å². The quantitative estimate of drug-likeness (QED) is 0.628. The van der Waals surface area contributed by atoms with Crippen LogP contribution in [0.5, 0.6) is 0 Å². The van der Waals surface area contributed by atoms with Crippen molar-refractivity contribution in [2.24, 2.45) is 12.5 Å².